The van der Waals surface area contributed by atoms with Crippen LogP contribution in [0.2, 0.25) is 0 Å². The van der Waals surface area contributed by atoms with Gasteiger partial charge in [-0.2, -0.15) is 0 Å². The number of amides is 3. The van der Waals surface area contributed by atoms with Crippen LogP contribution in [0.5, 0.6) is 0 Å². The number of aliphatic carboxylic acids is 2. The molecule has 0 saturated carbocycles. The minimum atomic E-state index is -1.40. The van der Waals surface area contributed by atoms with Gasteiger partial charge in [0.2, 0.25) is 17.7 Å². The van der Waals surface area contributed by atoms with E-state index in [9.17, 15) is 29.1 Å². The van der Waals surface area contributed by atoms with Crippen LogP contribution in [-0.4, -0.2) is 76.3 Å². The first-order valence-corrected chi connectivity index (χ1v) is 7.27. The Morgan fingerprint density at radius 3 is 1.92 bits per heavy atom. The maximum atomic E-state index is 12.1. The summed E-state index contributed by atoms with van der Waals surface area (Å²) in [5.41, 5.74) is 5.33. The third kappa shape index (κ3) is 9.22. The summed E-state index contributed by atoms with van der Waals surface area (Å²) < 4.78 is 0. The number of nitrogens with one attached hydrogen (secondary N) is 3. The summed E-state index contributed by atoms with van der Waals surface area (Å²) in [7, 11) is 0. The van der Waals surface area contributed by atoms with E-state index in [0.717, 1.165) is 0 Å². The standard InChI is InChI=1S/C13H22N4O8/c1-6(14)11(23)17-8(5-18)13(25)16-7(2-3-9(19)20)12(24)15-4-10(21)22/h6-8,18H,2-5,14H2,1H3,(H,15,24)(H,16,25)(H,17,23)(H,19,20)(H,21,22). The quantitative estimate of drug-likeness (QED) is 0.193. The van der Waals surface area contributed by atoms with Crippen molar-refractivity contribution in [2.45, 2.75) is 37.9 Å². The second-order valence-electron chi connectivity index (χ2n) is 5.14. The Morgan fingerprint density at radius 1 is 0.920 bits per heavy atom. The first-order valence-electron chi connectivity index (χ1n) is 7.27. The molecule has 0 heterocycles. The van der Waals surface area contributed by atoms with Crippen LogP contribution < -0.4 is 21.7 Å². The van der Waals surface area contributed by atoms with Crippen molar-refractivity contribution in [1.82, 2.24) is 16.0 Å². The Labute approximate surface area is 142 Å². The van der Waals surface area contributed by atoms with E-state index in [-0.39, 0.29) is 6.42 Å². The molecule has 12 nitrogen and oxygen atoms in total. The van der Waals surface area contributed by atoms with Crippen LogP contribution in [-0.2, 0) is 24.0 Å². The molecule has 8 N–H and O–H groups in total. The predicted octanol–water partition coefficient (Wildman–Crippen LogP) is -3.64. The second-order valence-corrected chi connectivity index (χ2v) is 5.14. The summed E-state index contributed by atoms with van der Waals surface area (Å²) in [6.45, 7) is -0.146. The topological polar surface area (TPSA) is 208 Å². The van der Waals surface area contributed by atoms with Gasteiger partial charge < -0.3 is 37.0 Å². The highest BCUT2D eigenvalue weighted by molar-refractivity contribution is 5.93. The van der Waals surface area contributed by atoms with Crippen LogP contribution in [0, 0.1) is 0 Å². The number of nitrogens with two attached hydrogens (primary N) is 1. The second kappa shape index (κ2) is 10.9. The summed E-state index contributed by atoms with van der Waals surface area (Å²) in [5.74, 6) is -5.13. The highest BCUT2D eigenvalue weighted by Crippen LogP contribution is 2.00. The van der Waals surface area contributed by atoms with Crippen molar-refractivity contribution in [2.75, 3.05) is 13.2 Å². The fourth-order valence-electron chi connectivity index (χ4n) is 1.59. The molecule has 0 aliphatic carbocycles. The van der Waals surface area contributed by atoms with Crippen molar-refractivity contribution in [1.29, 1.82) is 0 Å². The van der Waals surface area contributed by atoms with Gasteiger partial charge in [0.1, 0.15) is 18.6 Å². The van der Waals surface area contributed by atoms with Gasteiger partial charge in [-0.3, -0.25) is 24.0 Å². The fraction of sp³-hybridized carbons (Fsp3) is 0.615. The summed E-state index contributed by atoms with van der Waals surface area (Å²) in [5, 5.41) is 32.7. The maximum Gasteiger partial charge on any atom is 0.322 e. The van der Waals surface area contributed by atoms with E-state index in [2.05, 4.69) is 10.6 Å². The highest BCUT2D eigenvalue weighted by atomic mass is 16.4. The van der Waals surface area contributed by atoms with E-state index in [0.29, 0.717) is 0 Å². The molecule has 0 radical (unpaired) electrons. The summed E-state index contributed by atoms with van der Waals surface area (Å²) in [6, 6.07) is -3.70. The van der Waals surface area contributed by atoms with Gasteiger partial charge in [0.15, 0.2) is 0 Å². The number of carbonyl (C=O) groups excluding carboxylic acids is 3. The molecule has 0 aliphatic rings. The van der Waals surface area contributed by atoms with E-state index < -0.39 is 67.4 Å². The van der Waals surface area contributed by atoms with Crippen molar-refractivity contribution in [3.8, 4) is 0 Å². The molecule has 142 valence electrons. The van der Waals surface area contributed by atoms with Crippen LogP contribution in [0.25, 0.3) is 0 Å². The van der Waals surface area contributed by atoms with Crippen LogP contribution in [0.4, 0.5) is 0 Å². The van der Waals surface area contributed by atoms with Crippen LogP contribution in [0.3, 0.4) is 0 Å². The number of rotatable bonds is 11. The Bertz CT molecular complexity index is 522. The number of carboxylic acids is 2. The lowest BCUT2D eigenvalue weighted by Crippen LogP contribution is -2.56. The van der Waals surface area contributed by atoms with Gasteiger partial charge in [-0.25, -0.2) is 0 Å². The van der Waals surface area contributed by atoms with Crippen molar-refractivity contribution >= 4 is 29.7 Å². The van der Waals surface area contributed by atoms with Gasteiger partial charge >= 0.3 is 11.9 Å². The van der Waals surface area contributed by atoms with Gasteiger partial charge in [0.05, 0.1) is 12.6 Å². The van der Waals surface area contributed by atoms with Crippen molar-refractivity contribution in [3.05, 3.63) is 0 Å². The van der Waals surface area contributed by atoms with Crippen molar-refractivity contribution < 1.29 is 39.3 Å². The number of hydrogen-bond acceptors (Lipinski definition) is 7. The van der Waals surface area contributed by atoms with E-state index in [1.165, 1.54) is 6.92 Å². The molecular formula is C13H22N4O8. The molecule has 3 amide bonds. The third-order valence-electron chi connectivity index (χ3n) is 2.92. The lowest BCUT2D eigenvalue weighted by molar-refractivity contribution is -0.140. The van der Waals surface area contributed by atoms with Gasteiger partial charge in [0.25, 0.3) is 0 Å². The largest absolute Gasteiger partial charge is 0.481 e. The minimum absolute atomic E-state index is 0.314. The monoisotopic (exact) mass is 362 g/mol. The third-order valence-corrected chi connectivity index (χ3v) is 2.92. The molecule has 25 heavy (non-hydrogen) atoms. The number of carbonyl (C=O) groups is 5. The zero-order valence-corrected chi connectivity index (χ0v) is 13.5. The normalized spacial score (nSPS) is 13.9. The molecule has 0 aromatic rings. The molecule has 0 aromatic carbocycles. The molecule has 0 aliphatic heterocycles. The Kier molecular flexibility index (Phi) is 9.74. The fourth-order valence-corrected chi connectivity index (χ4v) is 1.59. The molecule has 12 heteroatoms. The molecule has 0 fully saturated rings. The molecule has 3 unspecified atom stereocenters. The van der Waals surface area contributed by atoms with E-state index in [1.807, 2.05) is 5.32 Å². The number of aliphatic hydroxyl groups excluding tert-OH is 1. The molecule has 0 saturated heterocycles. The van der Waals surface area contributed by atoms with Crippen LogP contribution >= 0.6 is 0 Å². The molecule has 0 aromatic heterocycles. The minimum Gasteiger partial charge on any atom is -0.481 e. The number of hydrogen-bond donors (Lipinski definition) is 7. The zero-order chi connectivity index (χ0) is 19.6. The van der Waals surface area contributed by atoms with E-state index in [4.69, 9.17) is 15.9 Å². The predicted molar refractivity (Wildman–Crippen MR) is 82.1 cm³/mol. The molecular weight excluding hydrogens is 340 g/mol. The van der Waals surface area contributed by atoms with Gasteiger partial charge in [0, 0.05) is 6.42 Å². The van der Waals surface area contributed by atoms with Gasteiger partial charge in [-0.15, -0.1) is 0 Å². The van der Waals surface area contributed by atoms with Crippen LogP contribution in [0.15, 0.2) is 0 Å². The average molecular weight is 362 g/mol. The van der Waals surface area contributed by atoms with Gasteiger partial charge in [-0.1, -0.05) is 0 Å². The zero-order valence-electron chi connectivity index (χ0n) is 13.5. The number of carboxylic acid groups (broad SMARTS) is 2. The summed E-state index contributed by atoms with van der Waals surface area (Å²) in [4.78, 5) is 56.5. The molecule has 3 atom stereocenters. The van der Waals surface area contributed by atoms with Crippen molar-refractivity contribution in [3.63, 3.8) is 0 Å². The summed E-state index contributed by atoms with van der Waals surface area (Å²) >= 11 is 0. The van der Waals surface area contributed by atoms with Gasteiger partial charge in [-0.05, 0) is 13.3 Å². The van der Waals surface area contributed by atoms with E-state index in [1.54, 1.807) is 0 Å². The SMILES string of the molecule is CC(N)C(=O)NC(CO)C(=O)NC(CCC(=O)O)C(=O)NCC(=O)O. The Morgan fingerprint density at radius 2 is 1.48 bits per heavy atom. The maximum absolute atomic E-state index is 12.1. The first-order chi connectivity index (χ1) is 11.6. The lowest BCUT2D eigenvalue weighted by atomic mass is 10.1. The smallest absolute Gasteiger partial charge is 0.322 e. The van der Waals surface area contributed by atoms with Crippen LogP contribution in [0.1, 0.15) is 19.8 Å². The summed E-state index contributed by atoms with van der Waals surface area (Å²) in [6.07, 6.45) is -0.784. The lowest BCUT2D eigenvalue weighted by Gasteiger charge is -2.22. The first kappa shape index (κ1) is 22.3. The molecule has 0 spiro atoms. The van der Waals surface area contributed by atoms with E-state index >= 15 is 0 Å². The molecule has 0 bridgehead atoms. The Hall–Kier alpha value is -2.73. The Balaban J connectivity index is 4.96. The number of aliphatic hydroxyl groups is 1. The molecule has 0 rings (SSSR count). The highest BCUT2D eigenvalue weighted by Gasteiger charge is 2.27. The average Bonchev–Trinajstić information content (AvgIpc) is 2.53. The van der Waals surface area contributed by atoms with Crippen molar-refractivity contribution in [2.24, 2.45) is 5.73 Å².